The predicted octanol–water partition coefficient (Wildman–Crippen LogP) is 2.99. The fourth-order valence-corrected chi connectivity index (χ4v) is 2.83. The largest absolute Gasteiger partial charge is 0.302 e. The first-order chi connectivity index (χ1) is 10.1. The van der Waals surface area contributed by atoms with Gasteiger partial charge in [-0.05, 0) is 18.4 Å². The van der Waals surface area contributed by atoms with Crippen LogP contribution in [0.1, 0.15) is 23.3 Å². The van der Waals surface area contributed by atoms with Gasteiger partial charge in [-0.3, -0.25) is 14.9 Å². The summed E-state index contributed by atoms with van der Waals surface area (Å²) < 4.78 is 0. The van der Waals surface area contributed by atoms with Crippen molar-refractivity contribution in [2.24, 2.45) is 5.92 Å². The lowest BCUT2D eigenvalue weighted by Gasteiger charge is -1.99. The minimum atomic E-state index is -0.405. The van der Waals surface area contributed by atoms with E-state index < -0.39 is 4.92 Å². The zero-order valence-electron chi connectivity index (χ0n) is 11.1. The number of nitro benzene ring substituents is 1. The van der Waals surface area contributed by atoms with Gasteiger partial charge in [-0.15, -0.1) is 11.3 Å². The normalized spacial score (nSPS) is 13.9. The van der Waals surface area contributed by atoms with Gasteiger partial charge in [0.05, 0.1) is 4.92 Å². The second-order valence-corrected chi connectivity index (χ2v) is 6.11. The van der Waals surface area contributed by atoms with Gasteiger partial charge in [0.2, 0.25) is 5.91 Å². The van der Waals surface area contributed by atoms with Gasteiger partial charge in [-0.1, -0.05) is 12.1 Å². The van der Waals surface area contributed by atoms with E-state index in [1.165, 1.54) is 17.4 Å². The van der Waals surface area contributed by atoms with Gasteiger partial charge in [-0.25, -0.2) is 4.98 Å². The molecule has 1 saturated carbocycles. The van der Waals surface area contributed by atoms with Crippen LogP contribution < -0.4 is 5.32 Å². The molecular formula is C14H13N3O3S. The molecule has 0 radical (unpaired) electrons. The monoisotopic (exact) mass is 303 g/mol. The van der Waals surface area contributed by atoms with Gasteiger partial charge in [-0.2, -0.15) is 0 Å². The van der Waals surface area contributed by atoms with E-state index in [2.05, 4.69) is 10.3 Å². The Morgan fingerprint density at radius 2 is 2.29 bits per heavy atom. The molecule has 6 nitrogen and oxygen atoms in total. The van der Waals surface area contributed by atoms with Crippen LogP contribution in [0.3, 0.4) is 0 Å². The molecule has 1 aromatic carbocycles. The molecule has 1 aliphatic rings. The summed E-state index contributed by atoms with van der Waals surface area (Å²) in [5, 5.41) is 14.1. The van der Waals surface area contributed by atoms with Crippen LogP contribution in [0.5, 0.6) is 0 Å². The maximum absolute atomic E-state index is 11.6. The molecular weight excluding hydrogens is 290 g/mol. The minimum absolute atomic E-state index is 0.0336. The maximum Gasteiger partial charge on any atom is 0.269 e. The van der Waals surface area contributed by atoms with Crippen molar-refractivity contribution in [1.82, 2.24) is 4.98 Å². The van der Waals surface area contributed by atoms with Gasteiger partial charge in [0, 0.05) is 35.5 Å². The number of carbonyl (C=O) groups is 1. The predicted molar refractivity (Wildman–Crippen MR) is 79.4 cm³/mol. The third-order valence-electron chi connectivity index (χ3n) is 3.23. The standard InChI is InChI=1S/C14H13N3O3S/c18-13(10-4-5-10)16-14-15-8-12(21-14)7-9-2-1-3-11(6-9)17(19)20/h1-3,6,8,10H,4-5,7H2,(H,15,16,18). The summed E-state index contributed by atoms with van der Waals surface area (Å²) in [5.74, 6) is 0.181. The van der Waals surface area contributed by atoms with Crippen molar-refractivity contribution in [3.63, 3.8) is 0 Å². The summed E-state index contributed by atoms with van der Waals surface area (Å²) in [6, 6.07) is 6.54. The number of thiazole rings is 1. The Kier molecular flexibility index (Phi) is 3.66. The molecule has 1 N–H and O–H groups in total. The summed E-state index contributed by atoms with van der Waals surface area (Å²) in [7, 11) is 0. The van der Waals surface area contributed by atoms with Gasteiger partial charge in [0.25, 0.3) is 5.69 Å². The lowest BCUT2D eigenvalue weighted by Crippen LogP contribution is -2.12. The van der Waals surface area contributed by atoms with Gasteiger partial charge in [0.1, 0.15) is 0 Å². The Balaban J connectivity index is 1.67. The summed E-state index contributed by atoms with van der Waals surface area (Å²) in [6.45, 7) is 0. The molecule has 0 saturated heterocycles. The molecule has 0 unspecified atom stereocenters. The number of anilines is 1. The van der Waals surface area contributed by atoms with Crippen molar-refractivity contribution in [2.75, 3.05) is 5.32 Å². The Bertz CT molecular complexity index is 694. The number of hydrogen-bond donors (Lipinski definition) is 1. The number of amides is 1. The Hall–Kier alpha value is -2.28. The number of nitrogens with one attached hydrogen (secondary N) is 1. The Morgan fingerprint density at radius 1 is 1.48 bits per heavy atom. The summed E-state index contributed by atoms with van der Waals surface area (Å²) >= 11 is 1.40. The van der Waals surface area contributed by atoms with Crippen molar-refractivity contribution in [3.05, 3.63) is 51.0 Å². The first-order valence-corrected chi connectivity index (χ1v) is 7.42. The number of nitro groups is 1. The van der Waals surface area contributed by atoms with Crippen molar-refractivity contribution < 1.29 is 9.72 Å². The topological polar surface area (TPSA) is 85.1 Å². The van der Waals surface area contributed by atoms with Crippen LogP contribution in [0.25, 0.3) is 0 Å². The van der Waals surface area contributed by atoms with E-state index in [9.17, 15) is 14.9 Å². The zero-order chi connectivity index (χ0) is 14.8. The molecule has 1 aliphatic carbocycles. The second-order valence-electron chi connectivity index (χ2n) is 5.00. The molecule has 1 amide bonds. The lowest BCUT2D eigenvalue weighted by molar-refractivity contribution is -0.384. The van der Waals surface area contributed by atoms with Crippen LogP contribution in [0, 0.1) is 16.0 Å². The molecule has 3 rings (SSSR count). The molecule has 0 aliphatic heterocycles. The van der Waals surface area contributed by atoms with Crippen LogP contribution in [-0.4, -0.2) is 15.8 Å². The SMILES string of the molecule is O=C(Nc1ncc(Cc2cccc([N+](=O)[O-])c2)s1)C1CC1. The molecule has 2 aromatic rings. The number of carbonyl (C=O) groups excluding carboxylic acids is 1. The van der Waals surface area contributed by atoms with Crippen LogP contribution in [-0.2, 0) is 11.2 Å². The Morgan fingerprint density at radius 3 is 3.00 bits per heavy atom. The quantitative estimate of drug-likeness (QED) is 0.679. The zero-order valence-corrected chi connectivity index (χ0v) is 11.9. The van der Waals surface area contributed by atoms with Gasteiger partial charge >= 0.3 is 0 Å². The summed E-state index contributed by atoms with van der Waals surface area (Å²) in [4.78, 5) is 27.1. The highest BCUT2D eigenvalue weighted by atomic mass is 32.1. The molecule has 21 heavy (non-hydrogen) atoms. The number of nitrogens with zero attached hydrogens (tertiary/aromatic N) is 2. The molecule has 1 heterocycles. The van der Waals surface area contributed by atoms with E-state index in [1.807, 2.05) is 6.07 Å². The number of hydrogen-bond acceptors (Lipinski definition) is 5. The lowest BCUT2D eigenvalue weighted by atomic mass is 10.1. The van der Waals surface area contributed by atoms with Crippen molar-refractivity contribution in [1.29, 1.82) is 0 Å². The number of benzene rings is 1. The van der Waals surface area contributed by atoms with E-state index in [-0.39, 0.29) is 17.5 Å². The number of aromatic nitrogens is 1. The molecule has 108 valence electrons. The van der Waals surface area contributed by atoms with E-state index in [0.29, 0.717) is 11.6 Å². The van der Waals surface area contributed by atoms with E-state index in [4.69, 9.17) is 0 Å². The molecule has 0 bridgehead atoms. The van der Waals surface area contributed by atoms with Crippen molar-refractivity contribution in [2.45, 2.75) is 19.3 Å². The molecule has 1 fully saturated rings. The highest BCUT2D eigenvalue weighted by Gasteiger charge is 2.30. The number of rotatable bonds is 5. The van der Waals surface area contributed by atoms with Crippen LogP contribution in [0.15, 0.2) is 30.5 Å². The third kappa shape index (κ3) is 3.43. The molecule has 7 heteroatoms. The fourth-order valence-electron chi connectivity index (χ4n) is 1.98. The van der Waals surface area contributed by atoms with Crippen LogP contribution in [0.2, 0.25) is 0 Å². The summed E-state index contributed by atoms with van der Waals surface area (Å²) in [6.07, 6.45) is 4.18. The summed E-state index contributed by atoms with van der Waals surface area (Å²) in [5.41, 5.74) is 0.937. The van der Waals surface area contributed by atoms with E-state index >= 15 is 0 Å². The second kappa shape index (κ2) is 5.61. The van der Waals surface area contributed by atoms with Gasteiger partial charge in [0.15, 0.2) is 5.13 Å². The fraction of sp³-hybridized carbons (Fsp3) is 0.286. The van der Waals surface area contributed by atoms with Crippen molar-refractivity contribution >= 4 is 28.1 Å². The first kappa shape index (κ1) is 13.7. The van der Waals surface area contributed by atoms with Gasteiger partial charge < -0.3 is 5.32 Å². The minimum Gasteiger partial charge on any atom is -0.302 e. The Labute approximate surface area is 125 Å². The maximum atomic E-state index is 11.6. The van der Waals surface area contributed by atoms with Crippen molar-refractivity contribution in [3.8, 4) is 0 Å². The highest BCUT2D eigenvalue weighted by Crippen LogP contribution is 2.31. The first-order valence-electron chi connectivity index (χ1n) is 6.61. The molecule has 0 spiro atoms. The van der Waals surface area contributed by atoms with E-state index in [0.717, 1.165) is 23.3 Å². The van der Waals surface area contributed by atoms with Crippen LogP contribution in [0.4, 0.5) is 10.8 Å². The molecule has 1 aromatic heterocycles. The molecule has 0 atom stereocenters. The average Bonchev–Trinajstić information content (AvgIpc) is 3.22. The third-order valence-corrected chi connectivity index (χ3v) is 4.14. The smallest absolute Gasteiger partial charge is 0.269 e. The highest BCUT2D eigenvalue weighted by molar-refractivity contribution is 7.15. The average molecular weight is 303 g/mol. The van der Waals surface area contributed by atoms with E-state index in [1.54, 1.807) is 18.3 Å². The van der Waals surface area contributed by atoms with Crippen LogP contribution >= 0.6 is 11.3 Å². The number of non-ortho nitro benzene ring substituents is 1.